The summed E-state index contributed by atoms with van der Waals surface area (Å²) in [6.45, 7) is 0. The highest BCUT2D eigenvalue weighted by molar-refractivity contribution is 7.98. The topological polar surface area (TPSA) is 70.9 Å². The van der Waals surface area contributed by atoms with E-state index in [0.717, 1.165) is 29.0 Å². The van der Waals surface area contributed by atoms with Gasteiger partial charge in [-0.05, 0) is 42.7 Å². The predicted molar refractivity (Wildman–Crippen MR) is 88.0 cm³/mol. The number of fused-ring (bicyclic) bond motifs is 1. The number of imidazole rings is 1. The van der Waals surface area contributed by atoms with Crippen LogP contribution in [0.5, 0.6) is 0 Å². The number of rotatable bonds is 6. The Morgan fingerprint density at radius 2 is 2.23 bits per heavy atom. The van der Waals surface area contributed by atoms with Crippen LogP contribution >= 0.6 is 11.8 Å². The molecule has 2 heterocycles. The van der Waals surface area contributed by atoms with E-state index >= 15 is 0 Å². The first-order valence-electron chi connectivity index (χ1n) is 7.06. The van der Waals surface area contributed by atoms with Crippen molar-refractivity contribution in [1.82, 2.24) is 15.3 Å². The lowest BCUT2D eigenvalue weighted by Crippen LogP contribution is -2.29. The number of carbonyl (C=O) groups is 1. The Hall–Kier alpha value is -2.21. The van der Waals surface area contributed by atoms with Crippen LogP contribution in [0.2, 0.25) is 0 Å². The summed E-state index contributed by atoms with van der Waals surface area (Å²) < 4.78 is 5.15. The molecule has 1 atom stereocenters. The Balaban J connectivity index is 1.83. The second-order valence-corrected chi connectivity index (χ2v) is 5.91. The molecule has 0 saturated carbocycles. The molecular formula is C16H17N3O2S. The average molecular weight is 315 g/mol. The van der Waals surface area contributed by atoms with Crippen molar-refractivity contribution in [3.05, 3.63) is 54.2 Å². The predicted octanol–water partition coefficient (Wildman–Crippen LogP) is 3.38. The van der Waals surface area contributed by atoms with Gasteiger partial charge < -0.3 is 14.7 Å². The molecule has 114 valence electrons. The third kappa shape index (κ3) is 3.17. The molecule has 3 aromatic rings. The van der Waals surface area contributed by atoms with E-state index in [4.69, 9.17) is 4.42 Å². The summed E-state index contributed by atoms with van der Waals surface area (Å²) in [6.07, 6.45) is 4.34. The number of benzene rings is 1. The van der Waals surface area contributed by atoms with Crippen LogP contribution in [0.15, 0.2) is 47.1 Å². The van der Waals surface area contributed by atoms with Crippen molar-refractivity contribution in [2.75, 3.05) is 12.0 Å². The van der Waals surface area contributed by atoms with Crippen molar-refractivity contribution in [3.63, 3.8) is 0 Å². The highest BCUT2D eigenvalue weighted by Crippen LogP contribution is 2.20. The number of carbonyl (C=O) groups excluding carboxylic acids is 1. The van der Waals surface area contributed by atoms with Gasteiger partial charge in [0.15, 0.2) is 5.76 Å². The normalized spacial score (nSPS) is 12.4. The number of aromatic amines is 1. The number of thioether (sulfide) groups is 1. The third-order valence-electron chi connectivity index (χ3n) is 3.40. The summed E-state index contributed by atoms with van der Waals surface area (Å²) in [7, 11) is 0. The number of hydrogen-bond donors (Lipinski definition) is 2. The molecule has 22 heavy (non-hydrogen) atoms. The third-order valence-corrected chi connectivity index (χ3v) is 4.04. The molecular weight excluding hydrogens is 298 g/mol. The van der Waals surface area contributed by atoms with Gasteiger partial charge in [-0.3, -0.25) is 4.79 Å². The van der Waals surface area contributed by atoms with Crippen LogP contribution in [-0.2, 0) is 0 Å². The van der Waals surface area contributed by atoms with E-state index in [0.29, 0.717) is 5.76 Å². The smallest absolute Gasteiger partial charge is 0.287 e. The minimum atomic E-state index is -0.225. The summed E-state index contributed by atoms with van der Waals surface area (Å²) in [5.74, 6) is 1.79. The average Bonchev–Trinajstić information content (AvgIpc) is 3.19. The number of hydrogen-bond acceptors (Lipinski definition) is 4. The second-order valence-electron chi connectivity index (χ2n) is 4.92. The van der Waals surface area contributed by atoms with Crippen molar-refractivity contribution < 1.29 is 9.21 Å². The monoisotopic (exact) mass is 315 g/mol. The molecule has 0 radical (unpaired) electrons. The highest BCUT2D eigenvalue weighted by atomic mass is 32.2. The molecule has 1 amide bonds. The van der Waals surface area contributed by atoms with Crippen molar-refractivity contribution >= 4 is 28.7 Å². The number of nitrogens with zero attached hydrogens (tertiary/aromatic N) is 1. The standard InChI is InChI=1S/C16H17N3O2S/c1-22-10-8-13(19-16(20)14-7-4-9-21-14)15-17-11-5-2-3-6-12(11)18-15/h2-7,9,13H,8,10H2,1H3,(H,17,18)(H,19,20)/t13-/m0/s1. The number of para-hydroxylation sites is 2. The number of H-pyrrole nitrogens is 1. The van der Waals surface area contributed by atoms with Crippen LogP contribution in [0, 0.1) is 0 Å². The first-order chi connectivity index (χ1) is 10.8. The molecule has 0 spiro atoms. The Labute approximate surface area is 132 Å². The van der Waals surface area contributed by atoms with Gasteiger partial charge in [0.1, 0.15) is 5.82 Å². The zero-order chi connectivity index (χ0) is 15.4. The van der Waals surface area contributed by atoms with Gasteiger partial charge in [0, 0.05) is 0 Å². The van der Waals surface area contributed by atoms with Crippen molar-refractivity contribution in [1.29, 1.82) is 0 Å². The van der Waals surface area contributed by atoms with E-state index in [-0.39, 0.29) is 11.9 Å². The second kappa shape index (κ2) is 6.70. The van der Waals surface area contributed by atoms with E-state index in [1.807, 2.05) is 30.5 Å². The van der Waals surface area contributed by atoms with Crippen LogP contribution in [0.3, 0.4) is 0 Å². The summed E-state index contributed by atoms with van der Waals surface area (Å²) in [5, 5.41) is 2.99. The number of aromatic nitrogens is 2. The van der Waals surface area contributed by atoms with Gasteiger partial charge in [-0.2, -0.15) is 11.8 Å². The summed E-state index contributed by atoms with van der Waals surface area (Å²) in [6, 6.07) is 11.0. The van der Waals surface area contributed by atoms with E-state index in [2.05, 4.69) is 15.3 Å². The first kappa shape index (κ1) is 14.7. The Kier molecular flexibility index (Phi) is 4.48. The molecule has 0 aliphatic heterocycles. The van der Waals surface area contributed by atoms with Gasteiger partial charge in [-0.25, -0.2) is 4.98 Å². The number of furan rings is 1. The minimum absolute atomic E-state index is 0.169. The molecule has 3 rings (SSSR count). The molecule has 1 aromatic carbocycles. The van der Waals surface area contributed by atoms with Gasteiger partial charge in [0.25, 0.3) is 5.91 Å². The number of nitrogens with one attached hydrogen (secondary N) is 2. The fraction of sp³-hybridized carbons (Fsp3) is 0.250. The van der Waals surface area contributed by atoms with Crippen molar-refractivity contribution in [2.24, 2.45) is 0 Å². The molecule has 0 aliphatic rings. The van der Waals surface area contributed by atoms with Gasteiger partial charge in [-0.1, -0.05) is 12.1 Å². The minimum Gasteiger partial charge on any atom is -0.459 e. The summed E-state index contributed by atoms with van der Waals surface area (Å²) in [4.78, 5) is 20.1. The van der Waals surface area contributed by atoms with E-state index in [1.165, 1.54) is 6.26 Å². The lowest BCUT2D eigenvalue weighted by atomic mass is 10.2. The highest BCUT2D eigenvalue weighted by Gasteiger charge is 2.20. The van der Waals surface area contributed by atoms with E-state index < -0.39 is 0 Å². The van der Waals surface area contributed by atoms with E-state index in [9.17, 15) is 4.79 Å². The maximum Gasteiger partial charge on any atom is 0.287 e. The van der Waals surface area contributed by atoms with E-state index in [1.54, 1.807) is 23.9 Å². The molecule has 0 bridgehead atoms. The summed E-state index contributed by atoms with van der Waals surface area (Å²) in [5.41, 5.74) is 1.87. The van der Waals surface area contributed by atoms with Crippen molar-refractivity contribution in [3.8, 4) is 0 Å². The van der Waals surface area contributed by atoms with Crippen molar-refractivity contribution in [2.45, 2.75) is 12.5 Å². The van der Waals surface area contributed by atoms with Crippen LogP contribution in [-0.4, -0.2) is 27.9 Å². The fourth-order valence-electron chi connectivity index (χ4n) is 2.29. The summed E-state index contributed by atoms with van der Waals surface area (Å²) >= 11 is 1.74. The van der Waals surface area contributed by atoms with Crippen LogP contribution in [0.1, 0.15) is 28.8 Å². The SMILES string of the molecule is CSCC[C@H](NC(=O)c1ccco1)c1nc2ccccc2[nH]1. The quantitative estimate of drug-likeness (QED) is 0.731. The maximum absolute atomic E-state index is 12.2. The fourth-order valence-corrected chi connectivity index (χ4v) is 2.76. The van der Waals surface area contributed by atoms with Gasteiger partial charge in [0.2, 0.25) is 0 Å². The molecule has 2 aromatic heterocycles. The Bertz CT molecular complexity index is 719. The Morgan fingerprint density at radius 1 is 1.36 bits per heavy atom. The molecule has 0 aliphatic carbocycles. The number of amides is 1. The van der Waals surface area contributed by atoms with Crippen LogP contribution in [0.25, 0.3) is 11.0 Å². The van der Waals surface area contributed by atoms with Crippen LogP contribution in [0.4, 0.5) is 0 Å². The van der Waals surface area contributed by atoms with Gasteiger partial charge in [-0.15, -0.1) is 0 Å². The molecule has 6 heteroatoms. The molecule has 0 fully saturated rings. The zero-order valence-electron chi connectivity index (χ0n) is 12.2. The van der Waals surface area contributed by atoms with Crippen LogP contribution < -0.4 is 5.32 Å². The molecule has 0 saturated heterocycles. The van der Waals surface area contributed by atoms with Gasteiger partial charge >= 0.3 is 0 Å². The molecule has 5 nitrogen and oxygen atoms in total. The lowest BCUT2D eigenvalue weighted by molar-refractivity contribution is 0.0906. The largest absolute Gasteiger partial charge is 0.459 e. The lowest BCUT2D eigenvalue weighted by Gasteiger charge is -2.15. The van der Waals surface area contributed by atoms with Gasteiger partial charge in [0.05, 0.1) is 23.3 Å². The Morgan fingerprint density at radius 3 is 2.95 bits per heavy atom. The molecule has 0 unspecified atom stereocenters. The first-order valence-corrected chi connectivity index (χ1v) is 8.45. The molecule has 2 N–H and O–H groups in total. The zero-order valence-corrected chi connectivity index (χ0v) is 13.0. The maximum atomic E-state index is 12.2.